The Balaban J connectivity index is 2.01. The highest BCUT2D eigenvalue weighted by molar-refractivity contribution is 5.83. The molecule has 1 aliphatic heterocycles. The summed E-state index contributed by atoms with van der Waals surface area (Å²) >= 11 is 0. The van der Waals surface area contributed by atoms with E-state index in [0.717, 1.165) is 12.5 Å². The fourth-order valence-corrected chi connectivity index (χ4v) is 4.04. The van der Waals surface area contributed by atoms with Gasteiger partial charge >= 0.3 is 0 Å². The van der Waals surface area contributed by atoms with Crippen molar-refractivity contribution in [2.24, 2.45) is 17.4 Å². The molecule has 1 amide bonds. The van der Waals surface area contributed by atoms with Crippen LogP contribution in [0.1, 0.15) is 58.8 Å². The van der Waals surface area contributed by atoms with Crippen LogP contribution in [0.4, 0.5) is 0 Å². The highest BCUT2D eigenvalue weighted by Crippen LogP contribution is 2.37. The molecule has 4 nitrogen and oxygen atoms in total. The number of fused-ring (bicyclic) bond motifs is 1. The van der Waals surface area contributed by atoms with Gasteiger partial charge < -0.3 is 11.5 Å². The third-order valence-corrected chi connectivity index (χ3v) is 5.13. The Labute approximate surface area is 116 Å². The van der Waals surface area contributed by atoms with E-state index in [1.54, 1.807) is 6.92 Å². The van der Waals surface area contributed by atoms with Crippen molar-refractivity contribution in [2.45, 2.75) is 76.4 Å². The molecule has 0 aromatic carbocycles. The van der Waals surface area contributed by atoms with Gasteiger partial charge in [-0.05, 0) is 58.4 Å². The second-order valence-corrected chi connectivity index (χ2v) is 6.83. The van der Waals surface area contributed by atoms with Crippen molar-refractivity contribution in [2.75, 3.05) is 6.54 Å². The molecule has 2 rings (SSSR count). The molecule has 1 aliphatic carbocycles. The van der Waals surface area contributed by atoms with Gasteiger partial charge in [0, 0.05) is 12.1 Å². The number of hydrogen-bond acceptors (Lipinski definition) is 3. The maximum Gasteiger partial charge on any atom is 0.237 e. The number of piperidine rings is 1. The molecule has 2 fully saturated rings. The molecule has 0 aromatic rings. The molecule has 0 aromatic heterocycles. The Bertz CT molecular complexity index is 327. The van der Waals surface area contributed by atoms with E-state index in [2.05, 4.69) is 11.8 Å². The van der Waals surface area contributed by atoms with Crippen molar-refractivity contribution in [3.8, 4) is 0 Å². The summed E-state index contributed by atoms with van der Waals surface area (Å²) in [6.07, 6.45) is 8.74. The van der Waals surface area contributed by atoms with Crippen LogP contribution in [-0.2, 0) is 4.79 Å². The largest absolute Gasteiger partial charge is 0.368 e. The molecule has 0 radical (unpaired) electrons. The SMILES string of the molecule is CC(CC(C)(N)C(N)=O)N1CCCC2CCCCC21. The summed E-state index contributed by atoms with van der Waals surface area (Å²) in [6, 6.07) is 1.05. The zero-order chi connectivity index (χ0) is 14.0. The number of nitrogens with two attached hydrogens (primary N) is 2. The summed E-state index contributed by atoms with van der Waals surface area (Å²) in [5.74, 6) is 0.471. The number of primary amides is 1. The summed E-state index contributed by atoms with van der Waals surface area (Å²) in [5, 5.41) is 0. The van der Waals surface area contributed by atoms with Crippen LogP contribution in [0.5, 0.6) is 0 Å². The molecule has 4 N–H and O–H groups in total. The van der Waals surface area contributed by atoms with Gasteiger partial charge in [0.25, 0.3) is 0 Å². The van der Waals surface area contributed by atoms with E-state index in [9.17, 15) is 4.79 Å². The Morgan fingerprint density at radius 3 is 2.63 bits per heavy atom. The van der Waals surface area contributed by atoms with Crippen LogP contribution in [-0.4, -0.2) is 35.0 Å². The molecule has 0 bridgehead atoms. The van der Waals surface area contributed by atoms with E-state index in [1.807, 2.05) is 0 Å². The highest BCUT2D eigenvalue weighted by atomic mass is 16.1. The summed E-state index contributed by atoms with van der Waals surface area (Å²) in [4.78, 5) is 14.0. The predicted molar refractivity (Wildman–Crippen MR) is 77.6 cm³/mol. The molecule has 0 spiro atoms. The first kappa shape index (κ1) is 14.8. The van der Waals surface area contributed by atoms with Crippen LogP contribution in [0.2, 0.25) is 0 Å². The Morgan fingerprint density at radius 2 is 1.95 bits per heavy atom. The Hall–Kier alpha value is -0.610. The zero-order valence-corrected chi connectivity index (χ0v) is 12.4. The zero-order valence-electron chi connectivity index (χ0n) is 12.4. The van der Waals surface area contributed by atoms with E-state index >= 15 is 0 Å². The normalized spacial score (nSPS) is 33.2. The number of carbonyl (C=O) groups is 1. The minimum absolute atomic E-state index is 0.341. The van der Waals surface area contributed by atoms with Gasteiger partial charge in [-0.3, -0.25) is 9.69 Å². The van der Waals surface area contributed by atoms with Crippen LogP contribution >= 0.6 is 0 Å². The monoisotopic (exact) mass is 267 g/mol. The lowest BCUT2D eigenvalue weighted by atomic mass is 9.77. The van der Waals surface area contributed by atoms with Crippen LogP contribution in [0, 0.1) is 5.92 Å². The molecule has 110 valence electrons. The third-order valence-electron chi connectivity index (χ3n) is 5.13. The van der Waals surface area contributed by atoms with E-state index in [1.165, 1.54) is 38.5 Å². The van der Waals surface area contributed by atoms with Gasteiger partial charge in [-0.15, -0.1) is 0 Å². The van der Waals surface area contributed by atoms with Crippen molar-refractivity contribution >= 4 is 5.91 Å². The lowest BCUT2D eigenvalue weighted by molar-refractivity contribution is -0.123. The molecule has 1 heterocycles. The van der Waals surface area contributed by atoms with Crippen LogP contribution in [0.25, 0.3) is 0 Å². The smallest absolute Gasteiger partial charge is 0.237 e. The minimum atomic E-state index is -0.888. The first-order valence-corrected chi connectivity index (χ1v) is 7.76. The van der Waals surface area contributed by atoms with Crippen LogP contribution < -0.4 is 11.5 Å². The second-order valence-electron chi connectivity index (χ2n) is 6.83. The van der Waals surface area contributed by atoms with Crippen molar-refractivity contribution in [1.82, 2.24) is 4.90 Å². The van der Waals surface area contributed by atoms with Crippen molar-refractivity contribution in [1.29, 1.82) is 0 Å². The molecule has 2 aliphatic rings. The van der Waals surface area contributed by atoms with Gasteiger partial charge in [0.05, 0.1) is 5.54 Å². The van der Waals surface area contributed by atoms with E-state index in [-0.39, 0.29) is 0 Å². The Morgan fingerprint density at radius 1 is 1.32 bits per heavy atom. The highest BCUT2D eigenvalue weighted by Gasteiger charge is 2.38. The molecule has 4 unspecified atom stereocenters. The summed E-state index contributed by atoms with van der Waals surface area (Å²) in [5.41, 5.74) is 10.5. The van der Waals surface area contributed by atoms with E-state index < -0.39 is 11.4 Å². The topological polar surface area (TPSA) is 72.3 Å². The van der Waals surface area contributed by atoms with Gasteiger partial charge in [0.15, 0.2) is 0 Å². The van der Waals surface area contributed by atoms with E-state index in [0.29, 0.717) is 18.5 Å². The average molecular weight is 267 g/mol. The number of likely N-dealkylation sites (tertiary alicyclic amines) is 1. The number of carbonyl (C=O) groups excluding carboxylic acids is 1. The second kappa shape index (κ2) is 5.80. The summed E-state index contributed by atoms with van der Waals surface area (Å²) in [6.45, 7) is 5.11. The Kier molecular flexibility index (Phi) is 4.51. The van der Waals surface area contributed by atoms with Gasteiger partial charge in [-0.25, -0.2) is 0 Å². The molecule has 1 saturated heterocycles. The van der Waals surface area contributed by atoms with Crippen molar-refractivity contribution in [3.05, 3.63) is 0 Å². The fraction of sp³-hybridized carbons (Fsp3) is 0.933. The molecular weight excluding hydrogens is 238 g/mol. The van der Waals surface area contributed by atoms with Crippen molar-refractivity contribution in [3.63, 3.8) is 0 Å². The lowest BCUT2D eigenvalue weighted by Crippen LogP contribution is -2.57. The van der Waals surface area contributed by atoms with E-state index in [4.69, 9.17) is 11.5 Å². The van der Waals surface area contributed by atoms with Crippen LogP contribution in [0.15, 0.2) is 0 Å². The van der Waals surface area contributed by atoms with Gasteiger partial charge in [0.2, 0.25) is 5.91 Å². The first-order valence-electron chi connectivity index (χ1n) is 7.76. The molecule has 1 saturated carbocycles. The predicted octanol–water partition coefficient (Wildman–Crippen LogP) is 1.62. The van der Waals surface area contributed by atoms with Crippen molar-refractivity contribution < 1.29 is 4.79 Å². The average Bonchev–Trinajstić information content (AvgIpc) is 2.37. The molecular formula is C15H29N3O. The fourth-order valence-electron chi connectivity index (χ4n) is 4.04. The number of hydrogen-bond donors (Lipinski definition) is 2. The molecule has 4 atom stereocenters. The van der Waals surface area contributed by atoms with Gasteiger partial charge in [-0.1, -0.05) is 12.8 Å². The molecule has 4 heteroatoms. The lowest BCUT2D eigenvalue weighted by Gasteiger charge is -2.48. The first-order chi connectivity index (χ1) is 8.92. The summed E-state index contributed by atoms with van der Waals surface area (Å²) in [7, 11) is 0. The number of rotatable bonds is 4. The third kappa shape index (κ3) is 3.29. The number of amides is 1. The standard InChI is InChI=1S/C15H29N3O/c1-11(10-15(2,17)14(16)19)18-9-5-7-12-6-3-4-8-13(12)18/h11-13H,3-10,17H2,1-2H3,(H2,16,19). The van der Waals surface area contributed by atoms with Crippen LogP contribution in [0.3, 0.4) is 0 Å². The summed E-state index contributed by atoms with van der Waals surface area (Å²) < 4.78 is 0. The van der Waals surface area contributed by atoms with Gasteiger partial charge in [-0.2, -0.15) is 0 Å². The quantitative estimate of drug-likeness (QED) is 0.813. The minimum Gasteiger partial charge on any atom is -0.368 e. The maximum atomic E-state index is 11.4. The maximum absolute atomic E-state index is 11.4. The van der Waals surface area contributed by atoms with Gasteiger partial charge in [0.1, 0.15) is 0 Å². The molecule has 19 heavy (non-hydrogen) atoms. The number of nitrogens with zero attached hydrogens (tertiary/aromatic N) is 1.